The molecule has 0 aromatic heterocycles. The second-order valence-electron chi connectivity index (χ2n) is 2.42. The van der Waals surface area contributed by atoms with Gasteiger partial charge in [0.05, 0.1) is 12.4 Å². The van der Waals surface area contributed by atoms with Gasteiger partial charge >= 0.3 is 0 Å². The van der Waals surface area contributed by atoms with Gasteiger partial charge < -0.3 is 5.11 Å². The average molecular weight is 197 g/mol. The van der Waals surface area contributed by atoms with Gasteiger partial charge in [0.15, 0.2) is 0 Å². The maximum Gasteiger partial charge on any atom is 0.209 e. The zero-order valence-corrected chi connectivity index (χ0v) is 9.14. The Morgan fingerprint density at radius 3 is 1.67 bits per heavy atom. The average Bonchev–Trinajstić information content (AvgIpc) is 1.88. The molecule has 0 aromatic rings. The summed E-state index contributed by atoms with van der Waals surface area (Å²) in [5.74, 6) is 0. The summed E-state index contributed by atoms with van der Waals surface area (Å²) < 4.78 is 23.3. The van der Waals surface area contributed by atoms with Gasteiger partial charge in [0.25, 0.3) is 0 Å². The predicted molar refractivity (Wildman–Crippen MR) is 50.5 cm³/mol. The number of hydrogen-bond acceptors (Lipinski definition) is 3. The van der Waals surface area contributed by atoms with Crippen molar-refractivity contribution in [2.75, 3.05) is 6.26 Å². The van der Waals surface area contributed by atoms with E-state index in [9.17, 15) is 8.42 Å². The van der Waals surface area contributed by atoms with Crippen LogP contribution in [0.15, 0.2) is 0 Å². The van der Waals surface area contributed by atoms with Crippen LogP contribution in [-0.2, 0) is 10.0 Å². The lowest BCUT2D eigenvalue weighted by molar-refractivity contribution is 0.163. The van der Waals surface area contributed by atoms with Gasteiger partial charge in [-0.25, -0.2) is 13.1 Å². The molecular formula is C7H19NO3S. The number of aliphatic hydroxyl groups is 1. The van der Waals surface area contributed by atoms with Crippen LogP contribution in [-0.4, -0.2) is 31.9 Å². The van der Waals surface area contributed by atoms with Crippen molar-refractivity contribution in [2.24, 2.45) is 0 Å². The van der Waals surface area contributed by atoms with Crippen LogP contribution in [0.5, 0.6) is 0 Å². The molecule has 0 heterocycles. The molecule has 0 fully saturated rings. The van der Waals surface area contributed by atoms with Crippen molar-refractivity contribution in [1.29, 1.82) is 0 Å². The van der Waals surface area contributed by atoms with Crippen LogP contribution < -0.4 is 4.72 Å². The van der Waals surface area contributed by atoms with E-state index in [1.165, 1.54) is 6.92 Å². The molecule has 0 saturated heterocycles. The molecule has 12 heavy (non-hydrogen) atoms. The smallest absolute Gasteiger partial charge is 0.209 e. The fraction of sp³-hybridized carbons (Fsp3) is 1.00. The highest BCUT2D eigenvalue weighted by Gasteiger charge is 2.12. The highest BCUT2D eigenvalue weighted by molar-refractivity contribution is 7.88. The number of aliphatic hydroxyl groups excluding tert-OH is 1. The molecule has 2 unspecified atom stereocenters. The van der Waals surface area contributed by atoms with Gasteiger partial charge in [-0.15, -0.1) is 0 Å². The fourth-order valence-electron chi connectivity index (χ4n) is 0.436. The van der Waals surface area contributed by atoms with Crippen LogP contribution in [0.2, 0.25) is 0 Å². The van der Waals surface area contributed by atoms with Crippen molar-refractivity contribution in [3.63, 3.8) is 0 Å². The molecular weight excluding hydrogens is 178 g/mol. The van der Waals surface area contributed by atoms with E-state index in [1.807, 2.05) is 13.8 Å². The normalized spacial score (nSPS) is 15.8. The summed E-state index contributed by atoms with van der Waals surface area (Å²) in [4.78, 5) is 0. The highest BCUT2D eigenvalue weighted by atomic mass is 32.2. The lowest BCUT2D eigenvalue weighted by Gasteiger charge is -2.14. The van der Waals surface area contributed by atoms with Crippen LogP contribution in [0.4, 0.5) is 0 Å². The first-order chi connectivity index (χ1) is 5.33. The predicted octanol–water partition coefficient (Wildman–Crippen LogP) is 0.331. The Labute approximate surface area is 75.0 Å². The van der Waals surface area contributed by atoms with Crippen LogP contribution in [0, 0.1) is 0 Å². The maximum absolute atomic E-state index is 10.5. The molecule has 5 heteroatoms. The van der Waals surface area contributed by atoms with E-state index in [0.29, 0.717) is 0 Å². The van der Waals surface area contributed by atoms with Crippen molar-refractivity contribution in [2.45, 2.75) is 39.8 Å². The molecule has 0 rings (SSSR count). The third kappa shape index (κ3) is 9.87. The van der Waals surface area contributed by atoms with E-state index in [1.54, 1.807) is 6.92 Å². The first-order valence-corrected chi connectivity index (χ1v) is 5.87. The summed E-state index contributed by atoms with van der Waals surface area (Å²) in [5.41, 5.74) is 0. The molecule has 0 aliphatic carbocycles. The Bertz CT molecular complexity index is 187. The molecule has 4 nitrogen and oxygen atoms in total. The van der Waals surface area contributed by atoms with Gasteiger partial charge in [0.2, 0.25) is 10.0 Å². The van der Waals surface area contributed by atoms with E-state index in [0.717, 1.165) is 6.26 Å². The van der Waals surface area contributed by atoms with E-state index in [4.69, 9.17) is 5.11 Å². The summed E-state index contributed by atoms with van der Waals surface area (Å²) in [7, 11) is -3.18. The Hall–Kier alpha value is -0.130. The van der Waals surface area contributed by atoms with E-state index in [-0.39, 0.29) is 0 Å². The molecule has 0 spiro atoms. The lowest BCUT2D eigenvalue weighted by atomic mass is 10.2. The third-order valence-electron chi connectivity index (χ3n) is 1.12. The quantitative estimate of drug-likeness (QED) is 0.685. The van der Waals surface area contributed by atoms with Crippen LogP contribution in [0.1, 0.15) is 27.7 Å². The van der Waals surface area contributed by atoms with Crippen molar-refractivity contribution < 1.29 is 13.5 Å². The van der Waals surface area contributed by atoms with E-state index >= 15 is 0 Å². The zero-order chi connectivity index (χ0) is 10.4. The Morgan fingerprint density at radius 2 is 1.58 bits per heavy atom. The Kier molecular flexibility index (Phi) is 7.67. The Balaban J connectivity index is 0. The summed E-state index contributed by atoms with van der Waals surface area (Å²) in [6.45, 7) is 7.13. The minimum absolute atomic E-state index is 0.421. The molecule has 0 aliphatic rings. The second kappa shape index (κ2) is 6.39. The summed E-state index contributed by atoms with van der Waals surface area (Å²) in [6, 6.07) is -0.421. The highest BCUT2D eigenvalue weighted by Crippen LogP contribution is 1.91. The zero-order valence-electron chi connectivity index (χ0n) is 8.33. The summed E-state index contributed by atoms with van der Waals surface area (Å²) in [6.07, 6.45) is 0.404. The van der Waals surface area contributed by atoms with Gasteiger partial charge in [-0.3, -0.25) is 0 Å². The lowest BCUT2D eigenvalue weighted by Crippen LogP contribution is -2.38. The number of nitrogens with one attached hydrogen (secondary N) is 1. The largest absolute Gasteiger partial charge is 0.392 e. The standard InChI is InChI=1S/C5H13NO3S.C2H6/c1-4(5(2)7)6-10(3,8)9;1-2/h4-7H,1-3H3;1-2H3. The van der Waals surface area contributed by atoms with Gasteiger partial charge in [-0.2, -0.15) is 0 Å². The number of hydrogen-bond donors (Lipinski definition) is 2. The topological polar surface area (TPSA) is 66.4 Å². The third-order valence-corrected chi connectivity index (χ3v) is 1.92. The van der Waals surface area contributed by atoms with Gasteiger partial charge in [0.1, 0.15) is 0 Å². The number of rotatable bonds is 3. The van der Waals surface area contributed by atoms with Gasteiger partial charge in [0, 0.05) is 6.04 Å². The summed E-state index contributed by atoms with van der Waals surface area (Å²) in [5, 5.41) is 8.86. The van der Waals surface area contributed by atoms with Crippen molar-refractivity contribution in [3.8, 4) is 0 Å². The minimum Gasteiger partial charge on any atom is -0.392 e. The number of sulfonamides is 1. The van der Waals surface area contributed by atoms with Gasteiger partial charge in [-0.05, 0) is 13.8 Å². The first-order valence-electron chi connectivity index (χ1n) is 3.98. The van der Waals surface area contributed by atoms with Gasteiger partial charge in [-0.1, -0.05) is 13.8 Å². The first kappa shape index (κ1) is 14.4. The van der Waals surface area contributed by atoms with E-state index in [2.05, 4.69) is 4.72 Å². The molecule has 76 valence electrons. The van der Waals surface area contributed by atoms with Crippen LogP contribution >= 0.6 is 0 Å². The van der Waals surface area contributed by atoms with Crippen molar-refractivity contribution in [3.05, 3.63) is 0 Å². The molecule has 2 atom stereocenters. The molecule has 0 saturated carbocycles. The second-order valence-corrected chi connectivity index (χ2v) is 4.20. The molecule has 0 radical (unpaired) electrons. The van der Waals surface area contributed by atoms with Crippen LogP contribution in [0.25, 0.3) is 0 Å². The Morgan fingerprint density at radius 1 is 1.25 bits per heavy atom. The molecule has 0 aromatic carbocycles. The SMILES string of the molecule is CC.CC(O)C(C)NS(C)(=O)=O. The monoisotopic (exact) mass is 197 g/mol. The molecule has 0 aliphatic heterocycles. The van der Waals surface area contributed by atoms with E-state index < -0.39 is 22.2 Å². The molecule has 2 N–H and O–H groups in total. The molecule has 0 bridgehead atoms. The van der Waals surface area contributed by atoms with Crippen molar-refractivity contribution in [1.82, 2.24) is 4.72 Å². The van der Waals surface area contributed by atoms with Crippen LogP contribution in [0.3, 0.4) is 0 Å². The molecule has 0 amide bonds. The fourth-order valence-corrected chi connectivity index (χ4v) is 1.31. The van der Waals surface area contributed by atoms with Crippen molar-refractivity contribution >= 4 is 10.0 Å². The minimum atomic E-state index is -3.18. The maximum atomic E-state index is 10.5. The summed E-state index contributed by atoms with van der Waals surface area (Å²) >= 11 is 0.